The first kappa shape index (κ1) is 18.1. The van der Waals surface area contributed by atoms with Crippen LogP contribution in [-0.4, -0.2) is 49.1 Å². The first-order valence-electron chi connectivity index (χ1n) is 7.87. The highest BCUT2D eigenvalue weighted by molar-refractivity contribution is 7.79. The molecule has 0 spiro atoms. The molecule has 128 valence electrons. The van der Waals surface area contributed by atoms with Crippen molar-refractivity contribution in [1.29, 1.82) is 0 Å². The van der Waals surface area contributed by atoms with Crippen molar-refractivity contribution in [3.63, 3.8) is 0 Å². The van der Waals surface area contributed by atoms with Crippen molar-refractivity contribution < 1.29 is 18.7 Å². The van der Waals surface area contributed by atoms with Crippen molar-refractivity contribution in [3.05, 3.63) is 34.4 Å². The largest absolute Gasteiger partial charge is 0.772 e. The minimum Gasteiger partial charge on any atom is -0.772 e. The zero-order valence-corrected chi connectivity index (χ0v) is 14.7. The molecule has 1 atom stereocenters. The third kappa shape index (κ3) is 4.62. The van der Waals surface area contributed by atoms with Gasteiger partial charge in [0.2, 0.25) is 0 Å². The molecule has 2 rings (SSSR count). The third-order valence-electron chi connectivity index (χ3n) is 4.59. The lowest BCUT2D eigenvalue weighted by Gasteiger charge is -2.36. The van der Waals surface area contributed by atoms with Crippen LogP contribution in [0.4, 0.5) is 0 Å². The maximum absolute atomic E-state index is 12.6. The minimum atomic E-state index is -2.06. The standard InChI is InChI=1S/C17H25NO4S/c1-12-10-14(11-13(2)15(12)4-9-23(21)22)16(19)18-7-5-17(3,20)6-8-18/h10-11,20H,4-9H2,1-3H3,(H,21,22)/p-1. The zero-order valence-electron chi connectivity index (χ0n) is 13.9. The summed E-state index contributed by atoms with van der Waals surface area (Å²) in [6.45, 7) is 6.74. The Morgan fingerprint density at radius 1 is 1.30 bits per heavy atom. The van der Waals surface area contributed by atoms with E-state index in [4.69, 9.17) is 0 Å². The van der Waals surface area contributed by atoms with Crippen LogP contribution in [0.3, 0.4) is 0 Å². The van der Waals surface area contributed by atoms with Crippen molar-refractivity contribution in [2.75, 3.05) is 18.8 Å². The second-order valence-electron chi connectivity index (χ2n) is 6.64. The van der Waals surface area contributed by atoms with Crippen LogP contribution in [0.15, 0.2) is 12.1 Å². The lowest BCUT2D eigenvalue weighted by molar-refractivity contribution is -0.00203. The summed E-state index contributed by atoms with van der Waals surface area (Å²) >= 11 is -2.06. The van der Waals surface area contributed by atoms with Gasteiger partial charge in [-0.2, -0.15) is 0 Å². The van der Waals surface area contributed by atoms with E-state index in [0.717, 1.165) is 16.7 Å². The molecule has 0 radical (unpaired) electrons. The van der Waals surface area contributed by atoms with Crippen LogP contribution in [0.25, 0.3) is 0 Å². The molecule has 6 heteroatoms. The summed E-state index contributed by atoms with van der Waals surface area (Å²) in [6.07, 6.45) is 1.64. The van der Waals surface area contributed by atoms with Gasteiger partial charge in [0.15, 0.2) is 0 Å². The van der Waals surface area contributed by atoms with Crippen molar-refractivity contribution in [3.8, 4) is 0 Å². The number of amides is 1. The van der Waals surface area contributed by atoms with Gasteiger partial charge in [-0.1, -0.05) is 11.1 Å². The molecule has 5 nitrogen and oxygen atoms in total. The van der Waals surface area contributed by atoms with Gasteiger partial charge in [0.1, 0.15) is 0 Å². The van der Waals surface area contributed by atoms with Crippen molar-refractivity contribution in [1.82, 2.24) is 4.90 Å². The van der Waals surface area contributed by atoms with Gasteiger partial charge in [0.25, 0.3) is 5.91 Å². The van der Waals surface area contributed by atoms with Gasteiger partial charge in [-0.15, -0.1) is 0 Å². The van der Waals surface area contributed by atoms with Gasteiger partial charge in [-0.25, -0.2) is 0 Å². The first-order valence-corrected chi connectivity index (χ1v) is 9.12. The number of likely N-dealkylation sites (tertiary alicyclic amines) is 1. The maximum atomic E-state index is 12.6. The van der Waals surface area contributed by atoms with E-state index >= 15 is 0 Å². The SMILES string of the molecule is Cc1cc(C(=O)N2CCC(C)(O)CC2)cc(C)c1CCS(=O)[O-]. The van der Waals surface area contributed by atoms with E-state index in [2.05, 4.69) is 0 Å². The van der Waals surface area contributed by atoms with Crippen molar-refractivity contribution in [2.45, 2.75) is 45.6 Å². The molecule has 0 saturated carbocycles. The van der Waals surface area contributed by atoms with E-state index < -0.39 is 16.7 Å². The van der Waals surface area contributed by atoms with E-state index in [-0.39, 0.29) is 11.7 Å². The summed E-state index contributed by atoms with van der Waals surface area (Å²) in [6, 6.07) is 3.68. The molecule has 1 aliphatic rings. The van der Waals surface area contributed by atoms with Crippen LogP contribution in [0, 0.1) is 13.8 Å². The number of aliphatic hydroxyl groups is 1. The predicted octanol–water partition coefficient (Wildman–Crippen LogP) is 1.71. The molecule has 1 aromatic carbocycles. The van der Waals surface area contributed by atoms with Crippen LogP contribution >= 0.6 is 0 Å². The number of carbonyl (C=O) groups excluding carboxylic acids is 1. The van der Waals surface area contributed by atoms with Crippen LogP contribution in [0.1, 0.15) is 46.8 Å². The number of piperidine rings is 1. The van der Waals surface area contributed by atoms with Gasteiger partial charge in [0, 0.05) is 24.4 Å². The zero-order chi connectivity index (χ0) is 17.2. The number of rotatable bonds is 4. The molecule has 1 amide bonds. The molecule has 1 fully saturated rings. The van der Waals surface area contributed by atoms with Gasteiger partial charge in [-0.05, 0) is 68.9 Å². The van der Waals surface area contributed by atoms with Crippen molar-refractivity contribution in [2.24, 2.45) is 0 Å². The number of aryl methyl sites for hydroxylation is 2. The molecule has 1 unspecified atom stereocenters. The highest BCUT2D eigenvalue weighted by Crippen LogP contribution is 2.24. The monoisotopic (exact) mass is 338 g/mol. The molecule has 1 heterocycles. The Hall–Kier alpha value is -1.24. The average Bonchev–Trinajstić information content (AvgIpc) is 2.45. The molecule has 0 aromatic heterocycles. The summed E-state index contributed by atoms with van der Waals surface area (Å²) in [5, 5.41) is 9.98. The Labute approximate surface area is 140 Å². The van der Waals surface area contributed by atoms with Crippen molar-refractivity contribution >= 4 is 17.0 Å². The van der Waals surface area contributed by atoms with E-state index in [0.29, 0.717) is 37.9 Å². The smallest absolute Gasteiger partial charge is 0.253 e. The lowest BCUT2D eigenvalue weighted by Crippen LogP contribution is -2.45. The Morgan fingerprint density at radius 3 is 2.30 bits per heavy atom. The molecule has 1 N–H and O–H groups in total. The summed E-state index contributed by atoms with van der Waals surface area (Å²) in [4.78, 5) is 14.4. The van der Waals surface area contributed by atoms with Crippen LogP contribution in [-0.2, 0) is 17.5 Å². The molecule has 1 aliphatic heterocycles. The number of benzene rings is 1. The van der Waals surface area contributed by atoms with E-state index in [9.17, 15) is 18.7 Å². The van der Waals surface area contributed by atoms with Crippen LogP contribution in [0.5, 0.6) is 0 Å². The summed E-state index contributed by atoms with van der Waals surface area (Å²) in [7, 11) is 0. The van der Waals surface area contributed by atoms with Gasteiger partial charge in [0.05, 0.1) is 5.60 Å². The number of hydrogen-bond acceptors (Lipinski definition) is 4. The van der Waals surface area contributed by atoms with Gasteiger partial charge in [-0.3, -0.25) is 9.00 Å². The molecule has 1 aromatic rings. The Kier molecular flexibility index (Phi) is 5.60. The summed E-state index contributed by atoms with van der Waals surface area (Å²) in [5.41, 5.74) is 2.84. The predicted molar refractivity (Wildman–Crippen MR) is 89.2 cm³/mol. The highest BCUT2D eigenvalue weighted by Gasteiger charge is 2.30. The lowest BCUT2D eigenvalue weighted by atomic mass is 9.92. The molecule has 1 saturated heterocycles. The number of nitrogens with zero attached hydrogens (tertiary/aromatic N) is 1. The third-order valence-corrected chi connectivity index (χ3v) is 5.13. The molecular weight excluding hydrogens is 314 g/mol. The Balaban J connectivity index is 2.14. The fourth-order valence-corrected chi connectivity index (χ4v) is 3.44. The number of carbonyl (C=O) groups is 1. The van der Waals surface area contributed by atoms with Gasteiger partial charge < -0.3 is 14.6 Å². The van der Waals surface area contributed by atoms with E-state index in [1.165, 1.54) is 0 Å². The Morgan fingerprint density at radius 2 is 1.83 bits per heavy atom. The second kappa shape index (κ2) is 7.11. The fraction of sp³-hybridized carbons (Fsp3) is 0.588. The van der Waals surface area contributed by atoms with E-state index in [1.54, 1.807) is 11.8 Å². The second-order valence-corrected chi connectivity index (χ2v) is 7.65. The number of hydrogen-bond donors (Lipinski definition) is 1. The minimum absolute atomic E-state index is 0.0225. The normalized spacial score (nSPS) is 18.7. The molecular formula is C17H24NO4S-. The fourth-order valence-electron chi connectivity index (χ4n) is 3.07. The molecule has 0 bridgehead atoms. The maximum Gasteiger partial charge on any atom is 0.253 e. The summed E-state index contributed by atoms with van der Waals surface area (Å²) < 4.78 is 21.5. The summed E-state index contributed by atoms with van der Waals surface area (Å²) in [5.74, 6) is 0.0709. The average molecular weight is 338 g/mol. The van der Waals surface area contributed by atoms with Crippen LogP contribution in [0.2, 0.25) is 0 Å². The quantitative estimate of drug-likeness (QED) is 0.848. The first-order chi connectivity index (χ1) is 10.7. The molecule has 23 heavy (non-hydrogen) atoms. The molecule has 0 aliphatic carbocycles. The van der Waals surface area contributed by atoms with Crippen LogP contribution < -0.4 is 0 Å². The van der Waals surface area contributed by atoms with Gasteiger partial charge >= 0.3 is 0 Å². The van der Waals surface area contributed by atoms with E-state index in [1.807, 2.05) is 26.0 Å². The topological polar surface area (TPSA) is 80.7 Å². The Bertz CT molecular complexity index is 594. The highest BCUT2D eigenvalue weighted by atomic mass is 32.2.